The number of ketones is 1. The SMILES string of the molecule is Cc1c2c(c(C)n1-c1ccccc1)C1(CC(=O)CC(C)(C)C1)NCC2. The van der Waals surface area contributed by atoms with Crippen molar-refractivity contribution in [3.8, 4) is 5.69 Å². The first-order chi connectivity index (χ1) is 11.8. The molecule has 3 nitrogen and oxygen atoms in total. The van der Waals surface area contributed by atoms with Crippen molar-refractivity contribution < 1.29 is 4.79 Å². The van der Waals surface area contributed by atoms with Gasteiger partial charge in [0.05, 0.1) is 5.54 Å². The van der Waals surface area contributed by atoms with Crippen molar-refractivity contribution in [3.05, 3.63) is 52.8 Å². The zero-order chi connectivity index (χ0) is 17.8. The summed E-state index contributed by atoms with van der Waals surface area (Å²) in [6, 6.07) is 10.6. The summed E-state index contributed by atoms with van der Waals surface area (Å²) in [6.07, 6.45) is 3.39. The summed E-state index contributed by atoms with van der Waals surface area (Å²) in [6.45, 7) is 9.87. The van der Waals surface area contributed by atoms with E-state index in [9.17, 15) is 4.79 Å². The Kier molecular flexibility index (Phi) is 3.69. The lowest BCUT2D eigenvalue weighted by molar-refractivity contribution is -0.126. The van der Waals surface area contributed by atoms with E-state index in [4.69, 9.17) is 0 Å². The van der Waals surface area contributed by atoms with Crippen LogP contribution in [-0.2, 0) is 16.8 Å². The highest BCUT2D eigenvalue weighted by Gasteiger charge is 2.48. The number of aromatic nitrogens is 1. The van der Waals surface area contributed by atoms with Crippen molar-refractivity contribution in [2.24, 2.45) is 5.41 Å². The van der Waals surface area contributed by atoms with E-state index in [0.717, 1.165) is 19.4 Å². The molecule has 1 atom stereocenters. The minimum absolute atomic E-state index is 0.0478. The molecular formula is C22H28N2O. The summed E-state index contributed by atoms with van der Waals surface area (Å²) in [7, 11) is 0. The lowest BCUT2D eigenvalue weighted by Crippen LogP contribution is -2.54. The average molecular weight is 336 g/mol. The molecule has 0 bridgehead atoms. The van der Waals surface area contributed by atoms with Gasteiger partial charge in [-0.1, -0.05) is 32.0 Å². The van der Waals surface area contributed by atoms with Gasteiger partial charge in [-0.05, 0) is 55.4 Å². The minimum Gasteiger partial charge on any atom is -0.318 e. The summed E-state index contributed by atoms with van der Waals surface area (Å²) in [5, 5.41) is 3.78. The van der Waals surface area contributed by atoms with Gasteiger partial charge in [-0.2, -0.15) is 0 Å². The molecule has 0 radical (unpaired) electrons. The molecule has 1 aromatic carbocycles. The molecule has 1 N–H and O–H groups in total. The molecule has 1 aliphatic carbocycles. The van der Waals surface area contributed by atoms with Crippen LogP contribution in [0.4, 0.5) is 0 Å². The molecule has 1 aliphatic heterocycles. The molecule has 2 aliphatic rings. The van der Waals surface area contributed by atoms with E-state index in [2.05, 4.69) is 67.9 Å². The number of rotatable bonds is 1. The van der Waals surface area contributed by atoms with E-state index in [1.165, 1.54) is 28.2 Å². The number of nitrogens with one attached hydrogen (secondary N) is 1. The second-order valence-electron chi connectivity index (χ2n) is 8.69. The highest BCUT2D eigenvalue weighted by Crippen LogP contribution is 2.49. The van der Waals surface area contributed by atoms with Crippen LogP contribution in [-0.4, -0.2) is 16.9 Å². The first kappa shape index (κ1) is 16.6. The minimum atomic E-state index is -0.193. The molecule has 25 heavy (non-hydrogen) atoms. The van der Waals surface area contributed by atoms with E-state index in [-0.39, 0.29) is 11.0 Å². The highest BCUT2D eigenvalue weighted by atomic mass is 16.1. The van der Waals surface area contributed by atoms with Crippen LogP contribution < -0.4 is 5.32 Å². The van der Waals surface area contributed by atoms with Crippen molar-refractivity contribution >= 4 is 5.78 Å². The van der Waals surface area contributed by atoms with Crippen LogP contribution in [0, 0.1) is 19.3 Å². The average Bonchev–Trinajstić information content (AvgIpc) is 2.78. The van der Waals surface area contributed by atoms with Crippen LogP contribution in [0.3, 0.4) is 0 Å². The number of Topliss-reactive ketones (excluding diaryl/α,β-unsaturated/α-hetero) is 1. The number of hydrogen-bond acceptors (Lipinski definition) is 2. The largest absolute Gasteiger partial charge is 0.318 e. The number of carbonyl (C=O) groups is 1. The third-order valence-corrected chi connectivity index (χ3v) is 6.06. The Morgan fingerprint density at radius 3 is 2.44 bits per heavy atom. The van der Waals surface area contributed by atoms with Gasteiger partial charge in [-0.25, -0.2) is 0 Å². The molecule has 132 valence electrons. The Hall–Kier alpha value is -1.87. The predicted molar refractivity (Wildman–Crippen MR) is 101 cm³/mol. The first-order valence-electron chi connectivity index (χ1n) is 9.36. The molecule has 4 rings (SSSR count). The van der Waals surface area contributed by atoms with Gasteiger partial charge in [0, 0.05) is 36.5 Å². The molecule has 3 heteroatoms. The lowest BCUT2D eigenvalue weighted by atomic mass is 9.63. The first-order valence-corrected chi connectivity index (χ1v) is 9.36. The van der Waals surface area contributed by atoms with Gasteiger partial charge in [-0.3, -0.25) is 4.79 Å². The Balaban J connectivity index is 1.92. The van der Waals surface area contributed by atoms with Gasteiger partial charge in [0.2, 0.25) is 0 Å². The summed E-state index contributed by atoms with van der Waals surface area (Å²) in [5.74, 6) is 0.390. The molecule has 1 spiro atoms. The Bertz CT molecular complexity index is 831. The zero-order valence-electron chi connectivity index (χ0n) is 15.8. The third kappa shape index (κ3) is 2.56. The van der Waals surface area contributed by atoms with Gasteiger partial charge in [-0.15, -0.1) is 0 Å². The zero-order valence-corrected chi connectivity index (χ0v) is 15.8. The summed E-state index contributed by atoms with van der Waals surface area (Å²) < 4.78 is 2.38. The van der Waals surface area contributed by atoms with Crippen LogP contribution in [0.1, 0.15) is 55.6 Å². The van der Waals surface area contributed by atoms with E-state index in [1.807, 2.05) is 0 Å². The molecule has 1 aromatic heterocycles. The Morgan fingerprint density at radius 1 is 1.04 bits per heavy atom. The fourth-order valence-corrected chi connectivity index (χ4v) is 5.49. The number of fused-ring (bicyclic) bond motifs is 2. The normalized spacial score (nSPS) is 25.2. The van der Waals surface area contributed by atoms with Crippen molar-refractivity contribution in [2.75, 3.05) is 6.54 Å². The maximum atomic E-state index is 12.6. The van der Waals surface area contributed by atoms with Crippen LogP contribution >= 0.6 is 0 Å². The van der Waals surface area contributed by atoms with Crippen LogP contribution in [0.2, 0.25) is 0 Å². The molecule has 0 saturated heterocycles. The topological polar surface area (TPSA) is 34.0 Å². The highest BCUT2D eigenvalue weighted by molar-refractivity contribution is 5.82. The summed E-state index contributed by atoms with van der Waals surface area (Å²) >= 11 is 0. The van der Waals surface area contributed by atoms with Gasteiger partial charge < -0.3 is 9.88 Å². The second-order valence-corrected chi connectivity index (χ2v) is 8.69. The van der Waals surface area contributed by atoms with Crippen LogP contribution in [0.25, 0.3) is 5.69 Å². The van der Waals surface area contributed by atoms with Crippen molar-refractivity contribution in [1.82, 2.24) is 9.88 Å². The van der Waals surface area contributed by atoms with Crippen molar-refractivity contribution in [3.63, 3.8) is 0 Å². The maximum Gasteiger partial charge on any atom is 0.135 e. The van der Waals surface area contributed by atoms with Crippen LogP contribution in [0.5, 0.6) is 0 Å². The van der Waals surface area contributed by atoms with E-state index < -0.39 is 0 Å². The molecule has 1 unspecified atom stereocenters. The summed E-state index contributed by atoms with van der Waals surface area (Å²) in [5.41, 5.74) is 6.52. The molecule has 1 saturated carbocycles. The molecule has 0 amide bonds. The summed E-state index contributed by atoms with van der Waals surface area (Å²) in [4.78, 5) is 12.6. The van der Waals surface area contributed by atoms with Crippen LogP contribution in [0.15, 0.2) is 30.3 Å². The standard InChI is InChI=1S/C22H28N2O/c1-15-19-10-11-23-22(13-18(25)12-21(3,4)14-22)20(19)16(2)24(15)17-8-6-5-7-9-17/h5-9,23H,10-14H2,1-4H3. The third-order valence-electron chi connectivity index (χ3n) is 6.06. The molecule has 2 heterocycles. The monoisotopic (exact) mass is 336 g/mol. The van der Waals surface area contributed by atoms with Gasteiger partial charge in [0.15, 0.2) is 0 Å². The molecule has 1 fully saturated rings. The van der Waals surface area contributed by atoms with E-state index in [1.54, 1.807) is 0 Å². The maximum absolute atomic E-state index is 12.6. The number of benzene rings is 1. The quantitative estimate of drug-likeness (QED) is 0.846. The van der Waals surface area contributed by atoms with Gasteiger partial charge >= 0.3 is 0 Å². The Morgan fingerprint density at radius 2 is 1.76 bits per heavy atom. The van der Waals surface area contributed by atoms with Crippen molar-refractivity contribution in [1.29, 1.82) is 0 Å². The molecule has 2 aromatic rings. The smallest absolute Gasteiger partial charge is 0.135 e. The van der Waals surface area contributed by atoms with E-state index >= 15 is 0 Å². The Labute approximate surface area is 150 Å². The molecular weight excluding hydrogens is 308 g/mol. The fourth-order valence-electron chi connectivity index (χ4n) is 5.49. The van der Waals surface area contributed by atoms with E-state index in [0.29, 0.717) is 18.6 Å². The van der Waals surface area contributed by atoms with Gasteiger partial charge in [0.25, 0.3) is 0 Å². The number of para-hydroxylation sites is 1. The fraction of sp³-hybridized carbons (Fsp3) is 0.500. The number of hydrogen-bond donors (Lipinski definition) is 1. The number of nitrogens with zero attached hydrogens (tertiary/aromatic N) is 1. The van der Waals surface area contributed by atoms with Gasteiger partial charge in [0.1, 0.15) is 5.78 Å². The lowest BCUT2D eigenvalue weighted by Gasteiger charge is -2.47. The van der Waals surface area contributed by atoms with Crippen molar-refractivity contribution in [2.45, 2.75) is 58.9 Å². The predicted octanol–water partition coefficient (Wildman–Crippen LogP) is 4.21. The second kappa shape index (κ2) is 5.57. The number of carbonyl (C=O) groups excluding carboxylic acids is 1.